The van der Waals surface area contributed by atoms with E-state index in [-0.39, 0.29) is 11.9 Å². The first-order valence-corrected chi connectivity index (χ1v) is 7.70. The van der Waals surface area contributed by atoms with Crippen molar-refractivity contribution in [1.82, 2.24) is 4.31 Å². The van der Waals surface area contributed by atoms with Crippen LogP contribution >= 0.6 is 0 Å². The van der Waals surface area contributed by atoms with E-state index >= 15 is 0 Å². The van der Waals surface area contributed by atoms with Gasteiger partial charge in [0.05, 0.1) is 30.1 Å². The maximum Gasteiger partial charge on any atom is 0.218 e. The van der Waals surface area contributed by atoms with Crippen LogP contribution in [0.5, 0.6) is 0 Å². The van der Waals surface area contributed by atoms with E-state index < -0.39 is 10.0 Å². The first-order chi connectivity index (χ1) is 9.01. The molecule has 0 spiro atoms. The Balaban J connectivity index is 2.09. The molecule has 102 valence electrons. The van der Waals surface area contributed by atoms with Crippen LogP contribution in [-0.4, -0.2) is 38.5 Å². The van der Waals surface area contributed by atoms with E-state index in [4.69, 9.17) is 10.00 Å². The molecule has 6 heteroatoms. The molecule has 1 aromatic rings. The monoisotopic (exact) mass is 280 g/mol. The number of rotatable bonds is 3. The summed E-state index contributed by atoms with van der Waals surface area (Å²) >= 11 is 0. The Hall–Kier alpha value is -1.42. The number of ether oxygens (including phenoxy) is 1. The van der Waals surface area contributed by atoms with Gasteiger partial charge in [0.25, 0.3) is 0 Å². The average molecular weight is 280 g/mol. The molecule has 1 aromatic carbocycles. The first kappa shape index (κ1) is 14.0. The van der Waals surface area contributed by atoms with E-state index in [1.54, 1.807) is 24.3 Å². The third-order valence-electron chi connectivity index (χ3n) is 3.03. The van der Waals surface area contributed by atoms with Crippen LogP contribution < -0.4 is 0 Å². The number of hydrogen-bond donors (Lipinski definition) is 0. The molecule has 0 aromatic heterocycles. The summed E-state index contributed by atoms with van der Waals surface area (Å²) in [5.41, 5.74) is 1.22. The van der Waals surface area contributed by atoms with Crippen LogP contribution in [0.4, 0.5) is 0 Å². The molecule has 1 saturated heterocycles. The lowest BCUT2D eigenvalue weighted by molar-refractivity contribution is 0.0101. The van der Waals surface area contributed by atoms with Crippen molar-refractivity contribution in [3.63, 3.8) is 0 Å². The molecule has 0 N–H and O–H groups in total. The van der Waals surface area contributed by atoms with Gasteiger partial charge < -0.3 is 4.74 Å². The van der Waals surface area contributed by atoms with Crippen LogP contribution in [0.2, 0.25) is 0 Å². The Bertz CT molecular complexity index is 575. The lowest BCUT2D eigenvalue weighted by Gasteiger charge is -2.30. The molecule has 1 unspecified atom stereocenters. The molecule has 1 heterocycles. The van der Waals surface area contributed by atoms with Gasteiger partial charge in [0.2, 0.25) is 10.0 Å². The largest absolute Gasteiger partial charge is 0.376 e. The summed E-state index contributed by atoms with van der Waals surface area (Å²) in [5, 5.41) is 8.70. The van der Waals surface area contributed by atoms with Crippen molar-refractivity contribution in [2.75, 3.05) is 19.7 Å². The summed E-state index contributed by atoms with van der Waals surface area (Å²) in [7, 11) is -3.32. The minimum absolute atomic E-state index is 0.0363. The number of hydrogen-bond acceptors (Lipinski definition) is 4. The van der Waals surface area contributed by atoms with Crippen molar-refractivity contribution >= 4 is 10.0 Å². The molecular formula is C13H16N2O3S. The van der Waals surface area contributed by atoms with Gasteiger partial charge >= 0.3 is 0 Å². The van der Waals surface area contributed by atoms with Gasteiger partial charge in [-0.25, -0.2) is 8.42 Å². The molecule has 1 fully saturated rings. The number of nitrogens with zero attached hydrogens (tertiary/aromatic N) is 2. The summed E-state index contributed by atoms with van der Waals surface area (Å²) in [5.74, 6) is -0.0363. The predicted molar refractivity (Wildman–Crippen MR) is 70.8 cm³/mol. The van der Waals surface area contributed by atoms with Crippen LogP contribution in [0.3, 0.4) is 0 Å². The summed E-state index contributed by atoms with van der Waals surface area (Å²) < 4.78 is 31.3. The van der Waals surface area contributed by atoms with Crippen LogP contribution in [0.1, 0.15) is 18.1 Å². The van der Waals surface area contributed by atoms with E-state index in [2.05, 4.69) is 0 Å². The second-order valence-electron chi connectivity index (χ2n) is 4.60. The molecule has 5 nitrogen and oxygen atoms in total. The predicted octanol–water partition coefficient (Wildman–Crippen LogP) is 1.11. The normalized spacial score (nSPS) is 20.9. The molecule has 0 aliphatic carbocycles. The van der Waals surface area contributed by atoms with Gasteiger partial charge in [-0.2, -0.15) is 9.57 Å². The van der Waals surface area contributed by atoms with E-state index in [0.717, 1.165) is 0 Å². The Morgan fingerprint density at radius 3 is 2.68 bits per heavy atom. The standard InChI is InChI=1S/C13H16N2O3S/c1-11-9-15(6-7-18-11)19(16,17)10-13-4-2-12(8-14)3-5-13/h2-5,11H,6-7,9-10H2,1H3. The molecule has 0 radical (unpaired) electrons. The Morgan fingerprint density at radius 2 is 2.11 bits per heavy atom. The smallest absolute Gasteiger partial charge is 0.218 e. The second-order valence-corrected chi connectivity index (χ2v) is 6.57. The summed E-state index contributed by atoms with van der Waals surface area (Å²) in [6, 6.07) is 8.63. The highest BCUT2D eigenvalue weighted by molar-refractivity contribution is 7.88. The summed E-state index contributed by atoms with van der Waals surface area (Å²) in [6.45, 7) is 3.11. The fourth-order valence-electron chi connectivity index (χ4n) is 2.02. The third kappa shape index (κ3) is 3.53. The van der Waals surface area contributed by atoms with Crippen molar-refractivity contribution < 1.29 is 13.2 Å². The van der Waals surface area contributed by atoms with Gasteiger partial charge in [-0.1, -0.05) is 12.1 Å². The van der Waals surface area contributed by atoms with Crippen molar-refractivity contribution in [2.45, 2.75) is 18.8 Å². The fraction of sp³-hybridized carbons (Fsp3) is 0.462. The van der Waals surface area contributed by atoms with E-state index in [1.165, 1.54) is 4.31 Å². The van der Waals surface area contributed by atoms with Gasteiger partial charge in [-0.05, 0) is 24.6 Å². The molecule has 2 rings (SSSR count). The first-order valence-electron chi connectivity index (χ1n) is 6.10. The molecule has 0 bridgehead atoms. The maximum atomic E-state index is 12.3. The van der Waals surface area contributed by atoms with E-state index in [1.807, 2.05) is 13.0 Å². The van der Waals surface area contributed by atoms with Gasteiger partial charge in [0.15, 0.2) is 0 Å². The maximum absolute atomic E-state index is 12.3. The zero-order valence-corrected chi connectivity index (χ0v) is 11.6. The van der Waals surface area contributed by atoms with Gasteiger partial charge in [-0.3, -0.25) is 0 Å². The molecular weight excluding hydrogens is 264 g/mol. The van der Waals surface area contributed by atoms with Crippen LogP contribution in [-0.2, 0) is 20.5 Å². The second kappa shape index (κ2) is 5.70. The molecule has 1 atom stereocenters. The van der Waals surface area contributed by atoms with Gasteiger partial charge in [0, 0.05) is 13.1 Å². The zero-order valence-electron chi connectivity index (χ0n) is 10.7. The number of morpholine rings is 1. The molecule has 0 saturated carbocycles. The van der Waals surface area contributed by atoms with Gasteiger partial charge in [-0.15, -0.1) is 0 Å². The van der Waals surface area contributed by atoms with Crippen LogP contribution in [0.15, 0.2) is 24.3 Å². The van der Waals surface area contributed by atoms with E-state index in [0.29, 0.717) is 30.8 Å². The van der Waals surface area contributed by atoms with E-state index in [9.17, 15) is 8.42 Å². The molecule has 1 aliphatic rings. The van der Waals surface area contributed by atoms with Gasteiger partial charge in [0.1, 0.15) is 0 Å². The number of benzene rings is 1. The SMILES string of the molecule is CC1CN(S(=O)(=O)Cc2ccc(C#N)cc2)CCO1. The highest BCUT2D eigenvalue weighted by Crippen LogP contribution is 2.15. The van der Waals surface area contributed by atoms with Crippen molar-refractivity contribution in [2.24, 2.45) is 0 Å². The topological polar surface area (TPSA) is 70.4 Å². The Morgan fingerprint density at radius 1 is 1.42 bits per heavy atom. The fourth-order valence-corrected chi connectivity index (χ4v) is 3.60. The molecule has 1 aliphatic heterocycles. The lowest BCUT2D eigenvalue weighted by Crippen LogP contribution is -2.44. The quantitative estimate of drug-likeness (QED) is 0.831. The van der Waals surface area contributed by atoms with Crippen molar-refractivity contribution in [1.29, 1.82) is 5.26 Å². The number of sulfonamides is 1. The highest BCUT2D eigenvalue weighted by atomic mass is 32.2. The summed E-state index contributed by atoms with van der Waals surface area (Å²) in [4.78, 5) is 0. The molecule has 19 heavy (non-hydrogen) atoms. The van der Waals surface area contributed by atoms with Crippen LogP contribution in [0, 0.1) is 11.3 Å². The highest BCUT2D eigenvalue weighted by Gasteiger charge is 2.27. The molecule has 0 amide bonds. The Labute approximate surface area is 113 Å². The lowest BCUT2D eigenvalue weighted by atomic mass is 10.2. The van der Waals surface area contributed by atoms with Crippen LogP contribution in [0.25, 0.3) is 0 Å². The zero-order chi connectivity index (χ0) is 13.9. The average Bonchev–Trinajstić information content (AvgIpc) is 2.39. The van der Waals surface area contributed by atoms with Crippen molar-refractivity contribution in [3.05, 3.63) is 35.4 Å². The van der Waals surface area contributed by atoms with Crippen molar-refractivity contribution in [3.8, 4) is 6.07 Å². The Kier molecular flexibility index (Phi) is 4.20. The minimum atomic E-state index is -3.32. The summed E-state index contributed by atoms with van der Waals surface area (Å²) in [6.07, 6.45) is -0.0653. The minimum Gasteiger partial charge on any atom is -0.376 e. The number of nitriles is 1. The third-order valence-corrected chi connectivity index (χ3v) is 4.85.